The third kappa shape index (κ3) is 2.28. The molecule has 0 atom stereocenters. The summed E-state index contributed by atoms with van der Waals surface area (Å²) in [6.07, 6.45) is 2.94. The molecule has 15 heavy (non-hydrogen) atoms. The number of hydrogen-bond donors (Lipinski definition) is 0. The zero-order valence-electron chi connectivity index (χ0n) is 8.00. The predicted molar refractivity (Wildman–Crippen MR) is 60.8 cm³/mol. The lowest BCUT2D eigenvalue weighted by Gasteiger charge is -2.08. The largest absolute Gasteiger partial charge is 0.439 e. The van der Waals surface area contributed by atoms with Crippen LogP contribution in [0, 0.1) is 6.20 Å². The highest BCUT2D eigenvalue weighted by atomic mass is 35.5. The molecule has 0 fully saturated rings. The summed E-state index contributed by atoms with van der Waals surface area (Å²) >= 11 is 11.8. The van der Waals surface area contributed by atoms with Crippen molar-refractivity contribution in [3.8, 4) is 11.6 Å². The maximum atomic E-state index is 5.96. The van der Waals surface area contributed by atoms with E-state index < -0.39 is 0 Å². The van der Waals surface area contributed by atoms with Gasteiger partial charge in [0.1, 0.15) is 5.75 Å². The fraction of sp³-hybridized carbons (Fsp3) is 0.0909. The fourth-order valence-corrected chi connectivity index (χ4v) is 1.48. The second kappa shape index (κ2) is 4.17. The summed E-state index contributed by atoms with van der Waals surface area (Å²) in [5, 5.41) is 1.12. The van der Waals surface area contributed by atoms with Crippen LogP contribution in [0.5, 0.6) is 11.6 Å². The summed E-state index contributed by atoms with van der Waals surface area (Å²) in [6, 6.07) is 8.67. The summed E-state index contributed by atoms with van der Waals surface area (Å²) in [5.41, 5.74) is 0. The van der Waals surface area contributed by atoms with E-state index in [2.05, 4.69) is 6.20 Å². The Balaban J connectivity index is 2.32. The Hall–Kier alpha value is -1.12. The Kier molecular flexibility index (Phi) is 2.89. The van der Waals surface area contributed by atoms with Crippen LogP contribution in [0.3, 0.4) is 0 Å². The standard InChI is InChI=1S/C11H8Cl2NO/c1-14-6-2-3-11(14)15-10-7-8(12)4-5-9(10)13/h2-5,7H,1H3. The first-order valence-corrected chi connectivity index (χ1v) is 5.09. The average molecular weight is 241 g/mol. The molecule has 1 aromatic carbocycles. The van der Waals surface area contributed by atoms with E-state index >= 15 is 0 Å². The minimum atomic E-state index is 0.528. The summed E-state index contributed by atoms with van der Waals surface area (Å²) in [4.78, 5) is 0. The quantitative estimate of drug-likeness (QED) is 0.777. The number of nitrogens with zero attached hydrogens (tertiary/aromatic N) is 1. The van der Waals surface area contributed by atoms with E-state index in [1.165, 1.54) is 0 Å². The molecule has 0 saturated carbocycles. The second-order valence-corrected chi connectivity index (χ2v) is 3.88. The Morgan fingerprint density at radius 3 is 2.73 bits per heavy atom. The molecule has 1 heterocycles. The highest BCUT2D eigenvalue weighted by molar-refractivity contribution is 6.34. The molecule has 0 saturated heterocycles. The molecule has 0 N–H and O–H groups in total. The van der Waals surface area contributed by atoms with Gasteiger partial charge in [-0.05, 0) is 18.2 Å². The Bertz CT molecular complexity index is 479. The number of hydrogen-bond acceptors (Lipinski definition) is 1. The molecule has 0 aliphatic carbocycles. The van der Waals surface area contributed by atoms with Gasteiger partial charge in [-0.25, -0.2) is 0 Å². The first kappa shape index (κ1) is 10.4. The van der Waals surface area contributed by atoms with Gasteiger partial charge < -0.3 is 9.30 Å². The number of halogens is 2. The maximum absolute atomic E-state index is 5.96. The van der Waals surface area contributed by atoms with E-state index in [0.717, 1.165) is 0 Å². The highest BCUT2D eigenvalue weighted by Gasteiger charge is 2.05. The summed E-state index contributed by atoms with van der Waals surface area (Å²) in [7, 11) is 1.84. The van der Waals surface area contributed by atoms with E-state index in [1.807, 2.05) is 7.05 Å². The first-order chi connectivity index (χ1) is 7.16. The fourth-order valence-electron chi connectivity index (χ4n) is 1.17. The molecule has 2 aromatic rings. The molecule has 0 spiro atoms. The van der Waals surface area contributed by atoms with Crippen LogP contribution in [0.4, 0.5) is 0 Å². The lowest BCUT2D eigenvalue weighted by molar-refractivity contribution is 0.443. The topological polar surface area (TPSA) is 14.2 Å². The van der Waals surface area contributed by atoms with Gasteiger partial charge in [-0.2, -0.15) is 0 Å². The van der Waals surface area contributed by atoms with Gasteiger partial charge in [-0.15, -0.1) is 0 Å². The normalized spacial score (nSPS) is 10.3. The molecule has 2 nitrogen and oxygen atoms in total. The molecule has 1 aromatic heterocycles. The van der Waals surface area contributed by atoms with Gasteiger partial charge in [0.15, 0.2) is 5.88 Å². The van der Waals surface area contributed by atoms with Crippen molar-refractivity contribution in [3.05, 3.63) is 46.6 Å². The number of aryl methyl sites for hydroxylation is 1. The van der Waals surface area contributed by atoms with Crippen LogP contribution in [0.1, 0.15) is 0 Å². The van der Waals surface area contributed by atoms with Gasteiger partial charge in [0, 0.05) is 24.2 Å². The molecule has 2 rings (SSSR count). The predicted octanol–water partition coefficient (Wildman–Crippen LogP) is 3.92. The zero-order valence-corrected chi connectivity index (χ0v) is 9.51. The first-order valence-electron chi connectivity index (χ1n) is 4.33. The van der Waals surface area contributed by atoms with Crippen LogP contribution in [-0.4, -0.2) is 4.57 Å². The van der Waals surface area contributed by atoms with Crippen molar-refractivity contribution in [1.82, 2.24) is 4.57 Å². The number of aromatic nitrogens is 1. The molecule has 0 aliphatic rings. The van der Waals surface area contributed by atoms with E-state index in [-0.39, 0.29) is 0 Å². The molecule has 77 valence electrons. The van der Waals surface area contributed by atoms with Gasteiger partial charge in [0.25, 0.3) is 0 Å². The molecule has 0 unspecified atom stereocenters. The second-order valence-electron chi connectivity index (χ2n) is 3.04. The van der Waals surface area contributed by atoms with Crippen LogP contribution in [0.2, 0.25) is 10.0 Å². The van der Waals surface area contributed by atoms with Gasteiger partial charge >= 0.3 is 0 Å². The van der Waals surface area contributed by atoms with Gasteiger partial charge in [-0.1, -0.05) is 23.2 Å². The number of ether oxygens (including phenoxy) is 1. The van der Waals surface area contributed by atoms with Gasteiger partial charge in [0.2, 0.25) is 0 Å². The van der Waals surface area contributed by atoms with Crippen LogP contribution >= 0.6 is 23.2 Å². The number of rotatable bonds is 2. The van der Waals surface area contributed by atoms with Crippen molar-refractivity contribution in [1.29, 1.82) is 0 Å². The Morgan fingerprint density at radius 2 is 2.07 bits per heavy atom. The molecule has 0 bridgehead atoms. The Labute approximate surface area is 98.0 Å². The minimum absolute atomic E-state index is 0.528. The van der Waals surface area contributed by atoms with Crippen molar-refractivity contribution in [2.75, 3.05) is 0 Å². The average Bonchev–Trinajstić information content (AvgIpc) is 2.58. The van der Waals surface area contributed by atoms with Crippen LogP contribution < -0.4 is 4.74 Å². The third-order valence-corrected chi connectivity index (χ3v) is 2.48. The van der Waals surface area contributed by atoms with Crippen molar-refractivity contribution in [3.63, 3.8) is 0 Å². The molecular weight excluding hydrogens is 233 g/mol. The SMILES string of the molecule is Cn1[c]ccc1Oc1cc(Cl)ccc1Cl. The third-order valence-electron chi connectivity index (χ3n) is 1.93. The maximum Gasteiger partial charge on any atom is 0.200 e. The Morgan fingerprint density at radius 1 is 1.27 bits per heavy atom. The molecule has 0 amide bonds. The smallest absolute Gasteiger partial charge is 0.200 e. The van der Waals surface area contributed by atoms with Crippen molar-refractivity contribution >= 4 is 23.2 Å². The lowest BCUT2D eigenvalue weighted by Crippen LogP contribution is -1.92. The van der Waals surface area contributed by atoms with Crippen LogP contribution in [0.15, 0.2) is 30.3 Å². The minimum Gasteiger partial charge on any atom is -0.439 e. The summed E-state index contributed by atoms with van der Waals surface area (Å²) in [5.74, 6) is 1.21. The van der Waals surface area contributed by atoms with Crippen LogP contribution in [0.25, 0.3) is 0 Å². The van der Waals surface area contributed by atoms with E-state index in [0.29, 0.717) is 21.7 Å². The summed E-state index contributed by atoms with van der Waals surface area (Å²) < 4.78 is 7.31. The highest BCUT2D eigenvalue weighted by Crippen LogP contribution is 2.31. The molecule has 4 heteroatoms. The molecular formula is C11H8Cl2NO. The van der Waals surface area contributed by atoms with E-state index in [9.17, 15) is 0 Å². The number of benzene rings is 1. The lowest BCUT2D eigenvalue weighted by atomic mass is 10.3. The molecule has 1 radical (unpaired) electrons. The zero-order chi connectivity index (χ0) is 10.8. The van der Waals surface area contributed by atoms with Crippen molar-refractivity contribution in [2.24, 2.45) is 7.05 Å². The monoisotopic (exact) mass is 240 g/mol. The summed E-state index contributed by atoms with van der Waals surface area (Å²) in [6.45, 7) is 0. The van der Waals surface area contributed by atoms with Crippen molar-refractivity contribution in [2.45, 2.75) is 0 Å². The van der Waals surface area contributed by atoms with E-state index in [1.54, 1.807) is 34.9 Å². The van der Waals surface area contributed by atoms with Crippen LogP contribution in [-0.2, 0) is 7.05 Å². The van der Waals surface area contributed by atoms with Gasteiger partial charge in [-0.3, -0.25) is 0 Å². The molecule has 0 aliphatic heterocycles. The van der Waals surface area contributed by atoms with Crippen molar-refractivity contribution < 1.29 is 4.74 Å². The van der Waals surface area contributed by atoms with E-state index in [4.69, 9.17) is 27.9 Å². The van der Waals surface area contributed by atoms with Gasteiger partial charge in [0.05, 0.1) is 11.2 Å².